The van der Waals surface area contributed by atoms with Gasteiger partial charge >= 0.3 is 0 Å². The van der Waals surface area contributed by atoms with Gasteiger partial charge in [-0.05, 0) is 32.9 Å². The molecule has 3 aromatic heterocycles. The first-order chi connectivity index (χ1) is 16.0. The summed E-state index contributed by atoms with van der Waals surface area (Å²) < 4.78 is 11.2. The Kier molecular flexibility index (Phi) is 6.41. The Morgan fingerprint density at radius 3 is 2.48 bits per heavy atom. The van der Waals surface area contributed by atoms with Gasteiger partial charge < -0.3 is 20.3 Å². The predicted octanol–water partition coefficient (Wildman–Crippen LogP) is 4.00. The molecule has 33 heavy (non-hydrogen) atoms. The zero-order valence-corrected chi connectivity index (χ0v) is 18.6. The van der Waals surface area contributed by atoms with E-state index in [1.165, 1.54) is 0 Å². The lowest BCUT2D eigenvalue weighted by Crippen LogP contribution is -2.16. The molecule has 3 N–H and O–H groups in total. The highest BCUT2D eigenvalue weighted by Crippen LogP contribution is 2.30. The topological polar surface area (TPSA) is 129 Å². The number of anilines is 1. The molecular formula is C24H24N6O3. The maximum Gasteiger partial charge on any atom is 0.261 e. The van der Waals surface area contributed by atoms with Gasteiger partial charge in [-0.25, -0.2) is 15.0 Å². The van der Waals surface area contributed by atoms with E-state index in [0.29, 0.717) is 39.8 Å². The molecular weight excluding hydrogens is 420 g/mol. The molecule has 1 amide bonds. The average Bonchev–Trinajstić information content (AvgIpc) is 3.22. The van der Waals surface area contributed by atoms with E-state index >= 15 is 0 Å². The van der Waals surface area contributed by atoms with Crippen LogP contribution in [0.15, 0.2) is 59.4 Å². The van der Waals surface area contributed by atoms with E-state index in [1.807, 2.05) is 44.2 Å². The summed E-state index contributed by atoms with van der Waals surface area (Å²) in [4.78, 5) is 26.2. The van der Waals surface area contributed by atoms with Crippen molar-refractivity contribution in [2.24, 2.45) is 5.73 Å². The summed E-state index contributed by atoms with van der Waals surface area (Å²) in [6.45, 7) is 5.73. The first-order valence-electron chi connectivity index (χ1n) is 10.5. The van der Waals surface area contributed by atoms with Gasteiger partial charge in [-0.1, -0.05) is 35.5 Å². The second-order valence-corrected chi connectivity index (χ2v) is 7.59. The lowest BCUT2D eigenvalue weighted by molar-refractivity contribution is 0.102. The summed E-state index contributed by atoms with van der Waals surface area (Å²) >= 11 is 0. The molecule has 9 heteroatoms. The highest BCUT2D eigenvalue weighted by molar-refractivity contribution is 6.09. The van der Waals surface area contributed by atoms with Gasteiger partial charge in [0.15, 0.2) is 0 Å². The standard InChI is InChI=1S/C24H24N6O3/c1-14(2)32-24-19(10-9-18(29-24)17-12-26-20(11-25)27-13-17)28-23(31)21-15(3)33-30-22(21)16-7-5-4-6-8-16/h4-10,12-14H,11,25H2,1-3H3,(H,28,31). The number of aryl methyl sites for hydroxylation is 1. The molecule has 0 atom stereocenters. The molecule has 9 nitrogen and oxygen atoms in total. The van der Waals surface area contributed by atoms with E-state index < -0.39 is 0 Å². The van der Waals surface area contributed by atoms with Crippen molar-refractivity contribution in [3.05, 3.63) is 72.0 Å². The first kappa shape index (κ1) is 22.1. The van der Waals surface area contributed by atoms with Crippen LogP contribution in [0.1, 0.15) is 35.8 Å². The Morgan fingerprint density at radius 1 is 1.09 bits per heavy atom. The fraction of sp³-hybridized carbons (Fsp3) is 0.208. The predicted molar refractivity (Wildman–Crippen MR) is 124 cm³/mol. The van der Waals surface area contributed by atoms with E-state index in [2.05, 4.69) is 25.4 Å². The molecule has 0 aliphatic heterocycles. The molecule has 3 heterocycles. The molecule has 0 aliphatic rings. The summed E-state index contributed by atoms with van der Waals surface area (Å²) in [5.74, 6) is 0.875. The van der Waals surface area contributed by atoms with Crippen molar-refractivity contribution in [3.8, 4) is 28.4 Å². The number of hydrogen-bond acceptors (Lipinski definition) is 8. The monoisotopic (exact) mass is 444 g/mol. The number of carbonyl (C=O) groups excluding carboxylic acids is 1. The van der Waals surface area contributed by atoms with Crippen LogP contribution < -0.4 is 15.8 Å². The molecule has 4 aromatic rings. The number of benzene rings is 1. The second kappa shape index (κ2) is 9.58. The van der Waals surface area contributed by atoms with Crippen LogP contribution in [0.25, 0.3) is 22.5 Å². The minimum Gasteiger partial charge on any atom is -0.473 e. The van der Waals surface area contributed by atoms with Gasteiger partial charge in [0.05, 0.1) is 18.3 Å². The molecule has 0 saturated carbocycles. The summed E-state index contributed by atoms with van der Waals surface area (Å²) in [5, 5.41) is 6.97. The SMILES string of the molecule is Cc1onc(-c2ccccc2)c1C(=O)Nc1ccc(-c2cnc(CN)nc2)nc1OC(C)C. The van der Waals surface area contributed by atoms with Gasteiger partial charge in [0.2, 0.25) is 5.88 Å². The van der Waals surface area contributed by atoms with Crippen molar-refractivity contribution in [1.29, 1.82) is 0 Å². The van der Waals surface area contributed by atoms with Gasteiger partial charge in [0, 0.05) is 23.5 Å². The Balaban J connectivity index is 1.66. The zero-order chi connectivity index (χ0) is 23.4. The quantitative estimate of drug-likeness (QED) is 0.438. The summed E-state index contributed by atoms with van der Waals surface area (Å²) in [5.41, 5.74) is 8.92. The number of pyridine rings is 1. The summed E-state index contributed by atoms with van der Waals surface area (Å²) in [6.07, 6.45) is 3.15. The molecule has 0 bridgehead atoms. The Labute approximate surface area is 191 Å². The average molecular weight is 444 g/mol. The fourth-order valence-corrected chi connectivity index (χ4v) is 3.22. The number of amides is 1. The van der Waals surface area contributed by atoms with Crippen LogP contribution in [0.3, 0.4) is 0 Å². The molecule has 1 aromatic carbocycles. The molecule has 0 spiro atoms. The number of aromatic nitrogens is 4. The van der Waals surface area contributed by atoms with Gasteiger partial charge in [0.1, 0.15) is 28.5 Å². The number of nitrogens with two attached hydrogens (primary N) is 1. The van der Waals surface area contributed by atoms with E-state index in [9.17, 15) is 4.79 Å². The van der Waals surface area contributed by atoms with E-state index in [4.69, 9.17) is 15.0 Å². The van der Waals surface area contributed by atoms with Gasteiger partial charge in [0.25, 0.3) is 5.91 Å². The molecule has 0 radical (unpaired) electrons. The molecule has 0 saturated heterocycles. The van der Waals surface area contributed by atoms with Crippen molar-refractivity contribution in [2.75, 3.05) is 5.32 Å². The molecule has 0 unspecified atom stereocenters. The Morgan fingerprint density at radius 2 is 1.82 bits per heavy atom. The van der Waals surface area contributed by atoms with Crippen molar-refractivity contribution in [3.63, 3.8) is 0 Å². The van der Waals surface area contributed by atoms with Crippen LogP contribution in [0.5, 0.6) is 5.88 Å². The van der Waals surface area contributed by atoms with E-state index in [1.54, 1.807) is 31.5 Å². The van der Waals surface area contributed by atoms with E-state index in [-0.39, 0.29) is 24.4 Å². The third-order valence-corrected chi connectivity index (χ3v) is 4.78. The smallest absolute Gasteiger partial charge is 0.261 e. The minimum absolute atomic E-state index is 0.156. The lowest BCUT2D eigenvalue weighted by atomic mass is 10.1. The highest BCUT2D eigenvalue weighted by atomic mass is 16.5. The van der Waals surface area contributed by atoms with Gasteiger partial charge in [-0.15, -0.1) is 0 Å². The molecule has 168 valence electrons. The van der Waals surface area contributed by atoms with Crippen LogP contribution in [-0.2, 0) is 6.54 Å². The summed E-state index contributed by atoms with van der Waals surface area (Å²) in [7, 11) is 0. The second-order valence-electron chi connectivity index (χ2n) is 7.59. The maximum atomic E-state index is 13.2. The number of nitrogens with one attached hydrogen (secondary N) is 1. The van der Waals surface area contributed by atoms with E-state index in [0.717, 1.165) is 5.56 Å². The van der Waals surface area contributed by atoms with Crippen molar-refractivity contribution in [1.82, 2.24) is 20.1 Å². The Bertz CT molecular complexity index is 1250. The van der Waals surface area contributed by atoms with Crippen LogP contribution in [0, 0.1) is 6.92 Å². The molecule has 0 aliphatic carbocycles. The highest BCUT2D eigenvalue weighted by Gasteiger charge is 2.23. The van der Waals surface area contributed by atoms with Crippen molar-refractivity contribution in [2.45, 2.75) is 33.4 Å². The van der Waals surface area contributed by atoms with Crippen LogP contribution in [0.2, 0.25) is 0 Å². The molecule has 4 rings (SSSR count). The van der Waals surface area contributed by atoms with Gasteiger partial charge in [-0.2, -0.15) is 0 Å². The summed E-state index contributed by atoms with van der Waals surface area (Å²) in [6, 6.07) is 12.9. The van der Waals surface area contributed by atoms with Crippen molar-refractivity contribution >= 4 is 11.6 Å². The van der Waals surface area contributed by atoms with Crippen LogP contribution in [-0.4, -0.2) is 32.1 Å². The van der Waals surface area contributed by atoms with Crippen LogP contribution in [0.4, 0.5) is 5.69 Å². The lowest BCUT2D eigenvalue weighted by Gasteiger charge is -2.15. The number of ether oxygens (including phenoxy) is 1. The van der Waals surface area contributed by atoms with Crippen molar-refractivity contribution < 1.29 is 14.1 Å². The number of rotatable bonds is 7. The van der Waals surface area contributed by atoms with Crippen LogP contribution >= 0.6 is 0 Å². The third kappa shape index (κ3) is 4.88. The number of hydrogen-bond donors (Lipinski definition) is 2. The van der Waals surface area contributed by atoms with Gasteiger partial charge in [-0.3, -0.25) is 4.79 Å². The third-order valence-electron chi connectivity index (χ3n) is 4.78. The first-order valence-corrected chi connectivity index (χ1v) is 10.5. The number of carbonyl (C=O) groups is 1. The Hall–Kier alpha value is -4.11. The zero-order valence-electron chi connectivity index (χ0n) is 18.6. The maximum absolute atomic E-state index is 13.2. The number of nitrogens with zero attached hydrogens (tertiary/aromatic N) is 4. The fourth-order valence-electron chi connectivity index (χ4n) is 3.22. The largest absolute Gasteiger partial charge is 0.473 e. The minimum atomic E-state index is -0.369. The molecule has 0 fully saturated rings. The normalized spacial score (nSPS) is 10.9.